The summed E-state index contributed by atoms with van der Waals surface area (Å²) in [5, 5.41) is 0. The monoisotopic (exact) mass is 366 g/mol. The first-order valence-corrected chi connectivity index (χ1v) is 10.2. The number of nitrogens with two attached hydrogens (primary N) is 1. The number of fused-ring (bicyclic) bond motifs is 1. The number of carbonyl (C=O) groups is 1. The summed E-state index contributed by atoms with van der Waals surface area (Å²) in [7, 11) is -1.22. The van der Waals surface area contributed by atoms with Crippen molar-refractivity contribution in [3.63, 3.8) is 0 Å². The lowest BCUT2D eigenvalue weighted by atomic mass is 9.91. The lowest BCUT2D eigenvalue weighted by molar-refractivity contribution is -0.132. The minimum absolute atomic E-state index is 0.0778. The third-order valence-corrected chi connectivity index (χ3v) is 6.27. The van der Waals surface area contributed by atoms with Crippen LogP contribution in [-0.2, 0) is 15.6 Å². The van der Waals surface area contributed by atoms with Gasteiger partial charge in [-0.25, -0.2) is 0 Å². The van der Waals surface area contributed by atoms with Crippen molar-refractivity contribution in [1.82, 2.24) is 4.90 Å². The van der Waals surface area contributed by atoms with E-state index in [0.717, 1.165) is 25.9 Å². The minimum atomic E-state index is -1.22. The molecule has 0 aliphatic carbocycles. The molecule has 0 bridgehead atoms. The van der Waals surface area contributed by atoms with E-state index in [2.05, 4.69) is 0 Å². The van der Waals surface area contributed by atoms with Crippen LogP contribution in [0.15, 0.2) is 23.1 Å². The van der Waals surface area contributed by atoms with E-state index in [9.17, 15) is 9.00 Å². The summed E-state index contributed by atoms with van der Waals surface area (Å²) in [6.45, 7) is 4.56. The third-order valence-electron chi connectivity index (χ3n) is 4.91. The van der Waals surface area contributed by atoms with Gasteiger partial charge < -0.3 is 20.1 Å². The van der Waals surface area contributed by atoms with Gasteiger partial charge >= 0.3 is 0 Å². The molecule has 2 atom stereocenters. The topological polar surface area (TPSA) is 81.9 Å². The average molecular weight is 366 g/mol. The maximum atomic E-state index is 12.5. The number of ether oxygens (including phenoxy) is 2. The first-order chi connectivity index (χ1) is 12.0. The molecule has 0 spiro atoms. The normalized spacial score (nSPS) is 20.2. The zero-order valence-corrected chi connectivity index (χ0v) is 15.4. The second-order valence-electron chi connectivity index (χ2n) is 6.68. The molecular weight excluding hydrogens is 340 g/mol. The first-order valence-electron chi connectivity index (χ1n) is 8.86. The van der Waals surface area contributed by atoms with Gasteiger partial charge in [0, 0.05) is 42.3 Å². The Bertz CT molecular complexity index is 642. The molecule has 1 saturated heterocycles. The largest absolute Gasteiger partial charge is 0.486 e. The van der Waals surface area contributed by atoms with Gasteiger partial charge in [0.25, 0.3) is 0 Å². The Morgan fingerprint density at radius 1 is 1.28 bits per heavy atom. The van der Waals surface area contributed by atoms with E-state index in [1.54, 1.807) is 18.2 Å². The zero-order chi connectivity index (χ0) is 17.8. The average Bonchev–Trinajstić information content (AvgIpc) is 2.65. The van der Waals surface area contributed by atoms with E-state index in [1.165, 1.54) is 0 Å². The van der Waals surface area contributed by atoms with Crippen LogP contribution >= 0.6 is 0 Å². The summed E-state index contributed by atoms with van der Waals surface area (Å²) in [4.78, 5) is 14.9. The second-order valence-corrected chi connectivity index (χ2v) is 8.25. The van der Waals surface area contributed by atoms with Crippen molar-refractivity contribution in [1.29, 1.82) is 0 Å². The van der Waals surface area contributed by atoms with Crippen molar-refractivity contribution in [2.24, 2.45) is 11.7 Å². The number of hydrogen-bond donors (Lipinski definition) is 1. The van der Waals surface area contributed by atoms with Crippen LogP contribution in [0, 0.1) is 5.92 Å². The lowest BCUT2D eigenvalue weighted by Crippen LogP contribution is -2.42. The Morgan fingerprint density at radius 2 is 1.96 bits per heavy atom. The summed E-state index contributed by atoms with van der Waals surface area (Å²) in [6, 6.07) is 5.49. The van der Waals surface area contributed by atoms with Crippen molar-refractivity contribution in [2.45, 2.75) is 37.1 Å². The van der Waals surface area contributed by atoms with Crippen molar-refractivity contribution in [3.8, 4) is 11.5 Å². The first kappa shape index (κ1) is 18.2. The number of benzene rings is 1. The Labute approximate surface area is 151 Å². The van der Waals surface area contributed by atoms with E-state index in [0.29, 0.717) is 47.7 Å². The molecule has 25 heavy (non-hydrogen) atoms. The van der Waals surface area contributed by atoms with Gasteiger partial charge in [-0.2, -0.15) is 0 Å². The fraction of sp³-hybridized carbons (Fsp3) is 0.611. The Balaban J connectivity index is 1.50. The van der Waals surface area contributed by atoms with Gasteiger partial charge in [0.05, 0.1) is 10.8 Å². The molecule has 1 aromatic rings. The molecule has 7 heteroatoms. The van der Waals surface area contributed by atoms with Crippen molar-refractivity contribution >= 4 is 16.7 Å². The number of carbonyl (C=O) groups excluding carboxylic acids is 1. The Kier molecular flexibility index (Phi) is 5.96. The fourth-order valence-electron chi connectivity index (χ4n) is 3.30. The standard InChI is InChI=1S/C18H26N2O4S/c1-13(19)14-4-7-20(8-5-14)18(21)6-11-25(22)15-2-3-16-17(12-15)24-10-9-23-16/h2-3,12-14H,4-11,19H2,1H3. The van der Waals surface area contributed by atoms with E-state index in [1.807, 2.05) is 11.8 Å². The SMILES string of the molecule is CC(N)C1CCN(C(=O)CCS(=O)c2ccc3c(c2)OCCO3)CC1. The van der Waals surface area contributed by atoms with Gasteiger partial charge in [-0.05, 0) is 37.8 Å². The highest BCUT2D eigenvalue weighted by Crippen LogP contribution is 2.32. The summed E-state index contributed by atoms with van der Waals surface area (Å²) < 4.78 is 23.5. The predicted octanol–water partition coefficient (Wildman–Crippen LogP) is 1.54. The van der Waals surface area contributed by atoms with Crippen molar-refractivity contribution < 1.29 is 18.5 Å². The van der Waals surface area contributed by atoms with Crippen LogP contribution in [0.5, 0.6) is 11.5 Å². The van der Waals surface area contributed by atoms with Gasteiger partial charge in [-0.3, -0.25) is 9.00 Å². The molecule has 2 aliphatic heterocycles. The smallest absolute Gasteiger partial charge is 0.223 e. The molecule has 138 valence electrons. The molecule has 3 rings (SSSR count). The van der Waals surface area contributed by atoms with Gasteiger partial charge in [0.1, 0.15) is 13.2 Å². The van der Waals surface area contributed by atoms with Crippen molar-refractivity contribution in [2.75, 3.05) is 32.1 Å². The molecule has 2 N–H and O–H groups in total. The van der Waals surface area contributed by atoms with Crippen molar-refractivity contribution in [3.05, 3.63) is 18.2 Å². The second kappa shape index (κ2) is 8.19. The van der Waals surface area contributed by atoms with Crippen LogP contribution in [0.25, 0.3) is 0 Å². The number of piperidine rings is 1. The summed E-state index contributed by atoms with van der Waals surface area (Å²) in [5.74, 6) is 2.21. The third kappa shape index (κ3) is 4.52. The molecule has 2 aliphatic rings. The number of hydrogen-bond acceptors (Lipinski definition) is 5. The van der Waals surface area contributed by atoms with Crippen LogP contribution in [-0.4, -0.2) is 53.1 Å². The highest BCUT2D eigenvalue weighted by molar-refractivity contribution is 7.85. The van der Waals surface area contributed by atoms with Crippen LogP contribution in [0.1, 0.15) is 26.2 Å². The highest BCUT2D eigenvalue weighted by atomic mass is 32.2. The minimum Gasteiger partial charge on any atom is -0.486 e. The maximum Gasteiger partial charge on any atom is 0.223 e. The fourth-order valence-corrected chi connectivity index (χ4v) is 4.35. The van der Waals surface area contributed by atoms with E-state index >= 15 is 0 Å². The van der Waals surface area contributed by atoms with Crippen LogP contribution in [0.4, 0.5) is 0 Å². The predicted molar refractivity (Wildman–Crippen MR) is 96.3 cm³/mol. The van der Waals surface area contributed by atoms with E-state index < -0.39 is 10.8 Å². The molecule has 1 amide bonds. The van der Waals surface area contributed by atoms with E-state index in [-0.39, 0.29) is 11.9 Å². The van der Waals surface area contributed by atoms with Gasteiger partial charge in [-0.15, -0.1) is 0 Å². The molecule has 0 aromatic heterocycles. The van der Waals surface area contributed by atoms with Gasteiger partial charge in [-0.1, -0.05) is 0 Å². The molecule has 1 aromatic carbocycles. The number of amides is 1. The van der Waals surface area contributed by atoms with Crippen LogP contribution < -0.4 is 15.2 Å². The quantitative estimate of drug-likeness (QED) is 0.855. The molecule has 2 heterocycles. The van der Waals surface area contributed by atoms with Crippen LogP contribution in [0.2, 0.25) is 0 Å². The Hall–Kier alpha value is -1.60. The number of rotatable bonds is 5. The Morgan fingerprint density at radius 3 is 2.64 bits per heavy atom. The molecule has 0 saturated carbocycles. The molecule has 1 fully saturated rings. The highest BCUT2D eigenvalue weighted by Gasteiger charge is 2.25. The van der Waals surface area contributed by atoms with Gasteiger partial charge in [0.15, 0.2) is 11.5 Å². The molecule has 0 radical (unpaired) electrons. The van der Waals surface area contributed by atoms with Gasteiger partial charge in [0.2, 0.25) is 5.91 Å². The van der Waals surface area contributed by atoms with Crippen LogP contribution in [0.3, 0.4) is 0 Å². The number of likely N-dealkylation sites (tertiary alicyclic amines) is 1. The summed E-state index contributed by atoms with van der Waals surface area (Å²) >= 11 is 0. The molecular formula is C18H26N2O4S. The summed E-state index contributed by atoms with van der Waals surface area (Å²) in [5.41, 5.74) is 5.94. The number of nitrogens with zero attached hydrogens (tertiary/aromatic N) is 1. The maximum absolute atomic E-state index is 12.5. The lowest BCUT2D eigenvalue weighted by Gasteiger charge is -2.33. The zero-order valence-electron chi connectivity index (χ0n) is 14.6. The summed E-state index contributed by atoms with van der Waals surface area (Å²) in [6.07, 6.45) is 2.20. The molecule has 6 nitrogen and oxygen atoms in total. The van der Waals surface area contributed by atoms with E-state index in [4.69, 9.17) is 15.2 Å². The molecule has 2 unspecified atom stereocenters.